The fraction of sp³-hybridized carbons (Fsp3) is 0.217. The molecule has 3 aromatic rings. The lowest BCUT2D eigenvalue weighted by atomic mass is 10.0. The first-order valence-corrected chi connectivity index (χ1v) is 11.8. The molecule has 0 aliphatic heterocycles. The van der Waals surface area contributed by atoms with E-state index in [0.29, 0.717) is 9.47 Å². The molecule has 0 fully saturated rings. The van der Waals surface area contributed by atoms with Crippen molar-refractivity contribution in [2.24, 2.45) is 0 Å². The van der Waals surface area contributed by atoms with E-state index in [1.165, 1.54) is 29.2 Å². The van der Waals surface area contributed by atoms with Gasteiger partial charge in [-0.2, -0.15) is 0 Å². The Bertz CT molecular complexity index is 1040. The summed E-state index contributed by atoms with van der Waals surface area (Å²) in [5, 5.41) is 14.2. The molecule has 0 aliphatic rings. The Kier molecular flexibility index (Phi) is 8.37. The summed E-state index contributed by atoms with van der Waals surface area (Å²) in [6.45, 7) is 4.15. The molecule has 2 aromatic carbocycles. The van der Waals surface area contributed by atoms with Gasteiger partial charge in [0.25, 0.3) is 0 Å². The van der Waals surface area contributed by atoms with Crippen LogP contribution in [0.15, 0.2) is 58.9 Å². The summed E-state index contributed by atoms with van der Waals surface area (Å²) < 4.78 is 0.622. The lowest BCUT2D eigenvalue weighted by molar-refractivity contribution is -0.114. The number of para-hydroxylation sites is 1. The molecule has 0 saturated heterocycles. The molecule has 8 heteroatoms. The van der Waals surface area contributed by atoms with Crippen LogP contribution in [0.1, 0.15) is 30.5 Å². The number of aryl methyl sites for hydroxylation is 2. The van der Waals surface area contributed by atoms with Gasteiger partial charge in [0.05, 0.1) is 5.75 Å². The topological polar surface area (TPSA) is 84.0 Å². The first-order valence-electron chi connectivity index (χ1n) is 10.00. The van der Waals surface area contributed by atoms with E-state index in [-0.39, 0.29) is 17.6 Å². The van der Waals surface area contributed by atoms with Crippen LogP contribution in [0.3, 0.4) is 0 Å². The van der Waals surface area contributed by atoms with E-state index in [9.17, 15) is 9.59 Å². The highest BCUT2D eigenvalue weighted by Gasteiger charge is 2.13. The second kappa shape index (κ2) is 11.4. The third-order valence-corrected chi connectivity index (χ3v) is 6.43. The van der Waals surface area contributed by atoms with Gasteiger partial charge in [-0.25, -0.2) is 0 Å². The highest BCUT2D eigenvalue weighted by atomic mass is 32.2. The minimum atomic E-state index is -0.280. The highest BCUT2D eigenvalue weighted by molar-refractivity contribution is 8.01. The number of anilines is 2. The van der Waals surface area contributed by atoms with Crippen molar-refractivity contribution in [1.29, 1.82) is 0 Å². The van der Waals surface area contributed by atoms with E-state index < -0.39 is 0 Å². The lowest BCUT2D eigenvalue weighted by Gasteiger charge is -2.14. The molecule has 0 atom stereocenters. The normalized spacial score (nSPS) is 10.9. The van der Waals surface area contributed by atoms with E-state index in [2.05, 4.69) is 34.7 Å². The van der Waals surface area contributed by atoms with Crippen molar-refractivity contribution in [3.8, 4) is 0 Å². The minimum absolute atomic E-state index is 0.0906. The molecule has 1 heterocycles. The quantitative estimate of drug-likeness (QED) is 0.270. The minimum Gasteiger partial charge on any atom is -0.325 e. The van der Waals surface area contributed by atoms with E-state index in [1.807, 2.05) is 48.5 Å². The van der Waals surface area contributed by atoms with Crippen LogP contribution in [-0.4, -0.2) is 27.8 Å². The molecule has 0 saturated carbocycles. The van der Waals surface area contributed by atoms with Gasteiger partial charge >= 0.3 is 0 Å². The fourth-order valence-electron chi connectivity index (χ4n) is 2.91. The van der Waals surface area contributed by atoms with E-state index in [0.717, 1.165) is 35.2 Å². The van der Waals surface area contributed by atoms with Gasteiger partial charge in [-0.1, -0.05) is 85.5 Å². The number of rotatable bonds is 9. The smallest absolute Gasteiger partial charge is 0.250 e. The number of hydrogen-bond acceptors (Lipinski definition) is 6. The summed E-state index contributed by atoms with van der Waals surface area (Å²) in [5.74, 6) is -0.151. The molecule has 2 amide bonds. The van der Waals surface area contributed by atoms with Crippen LogP contribution in [0.5, 0.6) is 0 Å². The zero-order valence-corrected chi connectivity index (χ0v) is 19.1. The van der Waals surface area contributed by atoms with E-state index in [4.69, 9.17) is 0 Å². The number of amides is 2. The molecular weight excluding hydrogens is 428 g/mol. The monoisotopic (exact) mass is 452 g/mol. The third kappa shape index (κ3) is 6.77. The van der Waals surface area contributed by atoms with Crippen LogP contribution in [0.25, 0.3) is 6.08 Å². The summed E-state index contributed by atoms with van der Waals surface area (Å²) in [5.41, 5.74) is 4.10. The van der Waals surface area contributed by atoms with Crippen LogP contribution in [0.2, 0.25) is 0 Å². The van der Waals surface area contributed by atoms with Gasteiger partial charge < -0.3 is 5.32 Å². The molecule has 0 aliphatic carbocycles. The zero-order valence-electron chi connectivity index (χ0n) is 17.4. The molecule has 0 bridgehead atoms. The third-order valence-electron chi connectivity index (χ3n) is 4.45. The van der Waals surface area contributed by atoms with Crippen molar-refractivity contribution >= 4 is 51.8 Å². The van der Waals surface area contributed by atoms with Crippen LogP contribution in [0, 0.1) is 0 Å². The van der Waals surface area contributed by atoms with Gasteiger partial charge in [0.1, 0.15) is 0 Å². The second-order valence-electron chi connectivity index (χ2n) is 6.60. The largest absolute Gasteiger partial charge is 0.325 e. The molecule has 0 radical (unpaired) electrons. The lowest BCUT2D eigenvalue weighted by Crippen LogP contribution is -2.16. The Hall–Kier alpha value is -2.97. The number of nitrogens with zero attached hydrogens (tertiary/aromatic N) is 2. The van der Waals surface area contributed by atoms with Gasteiger partial charge in [0.2, 0.25) is 16.9 Å². The fourth-order valence-corrected chi connectivity index (χ4v) is 4.46. The van der Waals surface area contributed by atoms with Crippen LogP contribution in [-0.2, 0) is 22.4 Å². The first kappa shape index (κ1) is 22.7. The highest BCUT2D eigenvalue weighted by Crippen LogP contribution is 2.27. The second-order valence-corrected chi connectivity index (χ2v) is 8.80. The average molecular weight is 453 g/mol. The number of carbonyl (C=O) groups is 2. The van der Waals surface area contributed by atoms with Gasteiger partial charge in [-0.15, -0.1) is 10.2 Å². The number of aromatic nitrogens is 2. The van der Waals surface area contributed by atoms with Crippen molar-refractivity contribution in [3.63, 3.8) is 0 Å². The Morgan fingerprint density at radius 2 is 1.68 bits per heavy atom. The predicted octanol–water partition coefficient (Wildman–Crippen LogP) is 5.05. The SMILES string of the molecule is CCc1cccc(CC)c1NC(=O)CSc1nnc(NC(=O)/C=C/c2ccccc2)s1. The molecule has 0 spiro atoms. The van der Waals surface area contributed by atoms with Gasteiger partial charge in [-0.3, -0.25) is 14.9 Å². The number of hydrogen-bond donors (Lipinski definition) is 2. The first-order chi connectivity index (χ1) is 15.1. The summed E-state index contributed by atoms with van der Waals surface area (Å²) in [6.07, 6.45) is 4.89. The summed E-state index contributed by atoms with van der Waals surface area (Å²) >= 11 is 2.54. The standard InChI is InChI=1S/C23H24N4O2S2/c1-3-17-11-8-12-18(4-2)21(17)24-20(29)15-30-23-27-26-22(31-23)25-19(28)14-13-16-9-6-5-7-10-16/h5-14H,3-4,15H2,1-2H3,(H,24,29)(H,25,26,28)/b14-13+. The maximum absolute atomic E-state index is 12.5. The van der Waals surface area contributed by atoms with Crippen molar-refractivity contribution in [2.75, 3.05) is 16.4 Å². The number of benzene rings is 2. The molecule has 31 heavy (non-hydrogen) atoms. The summed E-state index contributed by atoms with van der Waals surface area (Å²) in [7, 11) is 0. The number of nitrogens with one attached hydrogen (secondary N) is 2. The van der Waals surface area contributed by atoms with Gasteiger partial charge in [0.15, 0.2) is 4.34 Å². The molecule has 3 rings (SSSR count). The molecule has 160 valence electrons. The van der Waals surface area contributed by atoms with Gasteiger partial charge in [0, 0.05) is 11.8 Å². The maximum Gasteiger partial charge on any atom is 0.250 e. The Labute approximate surface area is 190 Å². The van der Waals surface area contributed by atoms with Gasteiger partial charge in [-0.05, 0) is 35.6 Å². The molecule has 0 unspecified atom stereocenters. The summed E-state index contributed by atoms with van der Waals surface area (Å²) in [4.78, 5) is 24.5. The van der Waals surface area contributed by atoms with Crippen LogP contribution in [0.4, 0.5) is 10.8 Å². The molecule has 6 nitrogen and oxygen atoms in total. The Morgan fingerprint density at radius 3 is 2.35 bits per heavy atom. The van der Waals surface area contributed by atoms with Crippen molar-refractivity contribution in [3.05, 3.63) is 71.3 Å². The maximum atomic E-state index is 12.5. The molecule has 2 N–H and O–H groups in total. The predicted molar refractivity (Wildman–Crippen MR) is 129 cm³/mol. The van der Waals surface area contributed by atoms with Crippen LogP contribution < -0.4 is 10.6 Å². The van der Waals surface area contributed by atoms with E-state index in [1.54, 1.807) is 6.08 Å². The Balaban J connectivity index is 1.52. The Morgan fingerprint density at radius 1 is 0.968 bits per heavy atom. The average Bonchev–Trinajstić information content (AvgIpc) is 3.24. The summed E-state index contributed by atoms with van der Waals surface area (Å²) in [6, 6.07) is 15.7. The van der Waals surface area contributed by atoms with Crippen molar-refractivity contribution in [1.82, 2.24) is 10.2 Å². The number of carbonyl (C=O) groups excluding carboxylic acids is 2. The van der Waals surface area contributed by atoms with Crippen molar-refractivity contribution in [2.45, 2.75) is 31.0 Å². The van der Waals surface area contributed by atoms with Crippen LogP contribution >= 0.6 is 23.1 Å². The van der Waals surface area contributed by atoms with Crippen molar-refractivity contribution < 1.29 is 9.59 Å². The molecule has 1 aromatic heterocycles. The van der Waals surface area contributed by atoms with E-state index >= 15 is 0 Å². The molecular formula is C23H24N4O2S2. The zero-order chi connectivity index (χ0) is 22.1. The number of thioether (sulfide) groups is 1.